The van der Waals surface area contributed by atoms with Crippen molar-refractivity contribution in [1.82, 2.24) is 14.5 Å². The molecule has 0 aliphatic rings. The number of hydrogen-bond donors (Lipinski definition) is 3. The van der Waals surface area contributed by atoms with Crippen LogP contribution >= 0.6 is 0 Å². The van der Waals surface area contributed by atoms with E-state index in [9.17, 15) is 4.79 Å². The lowest BCUT2D eigenvalue weighted by Crippen LogP contribution is -2.12. The van der Waals surface area contributed by atoms with Gasteiger partial charge in [-0.1, -0.05) is 0 Å². The van der Waals surface area contributed by atoms with E-state index < -0.39 is 0 Å². The molecule has 4 N–H and O–H groups in total. The molecule has 0 atom stereocenters. The predicted octanol–water partition coefficient (Wildman–Crippen LogP) is 0.929. The van der Waals surface area contributed by atoms with Crippen LogP contribution in [0.15, 0.2) is 11.0 Å². The van der Waals surface area contributed by atoms with E-state index in [-0.39, 0.29) is 17.5 Å². The van der Waals surface area contributed by atoms with Crippen molar-refractivity contribution >= 4 is 22.7 Å². The Morgan fingerprint density at radius 1 is 1.56 bits per heavy atom. The molecular weight excluding hydrogens is 206 g/mol. The third-order valence-electron chi connectivity index (χ3n) is 2.53. The monoisotopic (exact) mass is 221 g/mol. The minimum absolute atomic E-state index is 0.139. The maximum Gasteiger partial charge on any atom is 0.263 e. The number of anilines is 2. The molecule has 0 bridgehead atoms. The Hall–Kier alpha value is -1.98. The molecule has 2 aromatic heterocycles. The van der Waals surface area contributed by atoms with E-state index in [4.69, 9.17) is 5.73 Å². The van der Waals surface area contributed by atoms with Crippen molar-refractivity contribution in [3.63, 3.8) is 0 Å². The highest BCUT2D eigenvalue weighted by atomic mass is 16.1. The molecule has 0 radical (unpaired) electrons. The van der Waals surface area contributed by atoms with Gasteiger partial charge in [-0.3, -0.25) is 9.78 Å². The van der Waals surface area contributed by atoms with E-state index in [1.807, 2.05) is 24.6 Å². The van der Waals surface area contributed by atoms with E-state index >= 15 is 0 Å². The summed E-state index contributed by atoms with van der Waals surface area (Å²) >= 11 is 0. The molecule has 2 rings (SSSR count). The molecule has 2 aromatic rings. The lowest BCUT2D eigenvalue weighted by atomic mass is 10.3. The third kappa shape index (κ3) is 1.42. The van der Waals surface area contributed by atoms with Gasteiger partial charge >= 0.3 is 0 Å². The quantitative estimate of drug-likeness (QED) is 0.703. The lowest BCUT2D eigenvalue weighted by molar-refractivity contribution is 0.618. The van der Waals surface area contributed by atoms with E-state index in [1.54, 1.807) is 7.05 Å². The summed E-state index contributed by atoms with van der Waals surface area (Å²) in [5, 5.41) is 3.53. The van der Waals surface area contributed by atoms with Crippen LogP contribution in [0.4, 0.5) is 11.6 Å². The first kappa shape index (κ1) is 10.5. The van der Waals surface area contributed by atoms with Crippen molar-refractivity contribution in [3.05, 3.63) is 16.6 Å². The molecule has 0 saturated heterocycles. The summed E-state index contributed by atoms with van der Waals surface area (Å²) in [6.07, 6.45) is 1.87. The largest absolute Gasteiger partial charge is 0.386 e. The molecule has 0 aliphatic carbocycles. The highest BCUT2D eigenvalue weighted by molar-refractivity contribution is 5.90. The Bertz CT molecular complexity index is 581. The topological polar surface area (TPSA) is 88.7 Å². The van der Waals surface area contributed by atoms with Crippen molar-refractivity contribution in [2.24, 2.45) is 0 Å². The zero-order valence-corrected chi connectivity index (χ0v) is 9.53. The Kier molecular flexibility index (Phi) is 2.34. The van der Waals surface area contributed by atoms with Crippen LogP contribution in [0.2, 0.25) is 0 Å². The van der Waals surface area contributed by atoms with Gasteiger partial charge in [-0.05, 0) is 13.8 Å². The number of nitrogens with one attached hydrogen (secondary N) is 2. The van der Waals surface area contributed by atoms with Crippen LogP contribution < -0.4 is 16.6 Å². The molecule has 0 aromatic carbocycles. The van der Waals surface area contributed by atoms with Gasteiger partial charge in [-0.15, -0.1) is 0 Å². The van der Waals surface area contributed by atoms with Crippen molar-refractivity contribution in [1.29, 1.82) is 0 Å². The zero-order chi connectivity index (χ0) is 11.9. The van der Waals surface area contributed by atoms with Gasteiger partial charge in [0.2, 0.25) is 5.95 Å². The Morgan fingerprint density at radius 3 is 2.81 bits per heavy atom. The first-order chi connectivity index (χ1) is 7.54. The van der Waals surface area contributed by atoms with Crippen LogP contribution in [0.5, 0.6) is 0 Å². The molecule has 6 nitrogen and oxygen atoms in total. The number of rotatable bonds is 2. The number of hydrogen-bond acceptors (Lipinski definition) is 4. The molecule has 86 valence electrons. The number of aromatic nitrogens is 3. The fourth-order valence-electron chi connectivity index (χ4n) is 1.76. The fourth-order valence-corrected chi connectivity index (χ4v) is 1.76. The predicted molar refractivity (Wildman–Crippen MR) is 64.7 cm³/mol. The summed E-state index contributed by atoms with van der Waals surface area (Å²) in [6.45, 7) is 4.05. The molecule has 2 heterocycles. The number of aromatic amines is 1. The first-order valence-electron chi connectivity index (χ1n) is 5.12. The molecule has 0 fully saturated rings. The Morgan fingerprint density at radius 2 is 2.25 bits per heavy atom. The van der Waals surface area contributed by atoms with Crippen LogP contribution in [0, 0.1) is 0 Å². The van der Waals surface area contributed by atoms with Crippen molar-refractivity contribution in [3.8, 4) is 0 Å². The van der Waals surface area contributed by atoms with Gasteiger partial charge in [0.15, 0.2) is 5.65 Å². The number of nitrogen functional groups attached to an aromatic ring is 1. The molecule has 16 heavy (non-hydrogen) atoms. The molecule has 6 heteroatoms. The van der Waals surface area contributed by atoms with Gasteiger partial charge in [-0.2, -0.15) is 4.98 Å². The molecule has 0 amide bonds. The summed E-state index contributed by atoms with van der Waals surface area (Å²) in [4.78, 5) is 18.5. The minimum atomic E-state index is -0.216. The van der Waals surface area contributed by atoms with E-state index in [1.165, 1.54) is 0 Å². The Labute approximate surface area is 92.5 Å². The molecular formula is C10H15N5O. The van der Waals surface area contributed by atoms with Gasteiger partial charge < -0.3 is 15.6 Å². The summed E-state index contributed by atoms with van der Waals surface area (Å²) in [5.74, 6) is 0.139. The zero-order valence-electron chi connectivity index (χ0n) is 9.53. The standard InChI is InChI=1S/C10H15N5O/c1-5(2)15-4-6(12-3)7-8(15)13-10(11)14-9(7)16/h4-5,12H,1-3H3,(H3,11,13,14,16). The van der Waals surface area contributed by atoms with Crippen LogP contribution in [0.1, 0.15) is 19.9 Å². The average molecular weight is 221 g/mol. The lowest BCUT2D eigenvalue weighted by Gasteiger charge is -2.07. The van der Waals surface area contributed by atoms with Gasteiger partial charge in [0.05, 0.1) is 5.69 Å². The van der Waals surface area contributed by atoms with Crippen LogP contribution in [-0.2, 0) is 0 Å². The second-order valence-electron chi connectivity index (χ2n) is 3.94. The molecule has 0 spiro atoms. The van der Waals surface area contributed by atoms with Gasteiger partial charge in [-0.25, -0.2) is 0 Å². The van der Waals surface area contributed by atoms with Crippen molar-refractivity contribution < 1.29 is 0 Å². The van der Waals surface area contributed by atoms with E-state index in [0.29, 0.717) is 11.0 Å². The van der Waals surface area contributed by atoms with Crippen molar-refractivity contribution in [2.45, 2.75) is 19.9 Å². The highest BCUT2D eigenvalue weighted by Gasteiger charge is 2.14. The maximum atomic E-state index is 11.8. The third-order valence-corrected chi connectivity index (χ3v) is 2.53. The van der Waals surface area contributed by atoms with Crippen molar-refractivity contribution in [2.75, 3.05) is 18.1 Å². The normalized spacial score (nSPS) is 11.2. The first-order valence-corrected chi connectivity index (χ1v) is 5.12. The van der Waals surface area contributed by atoms with E-state index in [0.717, 1.165) is 5.69 Å². The second-order valence-corrected chi connectivity index (χ2v) is 3.94. The Balaban J connectivity index is 2.90. The summed E-state index contributed by atoms with van der Waals surface area (Å²) in [5.41, 5.74) is 6.70. The number of nitrogens with zero attached hydrogens (tertiary/aromatic N) is 2. The fraction of sp³-hybridized carbons (Fsp3) is 0.400. The van der Waals surface area contributed by atoms with E-state index in [2.05, 4.69) is 15.3 Å². The molecule has 0 aliphatic heterocycles. The summed E-state index contributed by atoms with van der Waals surface area (Å²) in [6, 6.07) is 0.221. The number of nitrogens with two attached hydrogens (primary N) is 1. The average Bonchev–Trinajstić information content (AvgIpc) is 2.56. The highest BCUT2D eigenvalue weighted by Crippen LogP contribution is 2.24. The smallest absolute Gasteiger partial charge is 0.263 e. The van der Waals surface area contributed by atoms with Gasteiger partial charge in [0, 0.05) is 19.3 Å². The molecule has 0 saturated carbocycles. The summed E-state index contributed by atoms with van der Waals surface area (Å²) in [7, 11) is 1.77. The maximum absolute atomic E-state index is 11.8. The van der Waals surface area contributed by atoms with Crippen LogP contribution in [0.3, 0.4) is 0 Å². The summed E-state index contributed by atoms with van der Waals surface area (Å²) < 4.78 is 1.92. The van der Waals surface area contributed by atoms with Crippen LogP contribution in [-0.4, -0.2) is 21.6 Å². The van der Waals surface area contributed by atoms with Crippen LogP contribution in [0.25, 0.3) is 11.0 Å². The second kappa shape index (κ2) is 3.55. The van der Waals surface area contributed by atoms with Gasteiger partial charge in [0.25, 0.3) is 5.56 Å². The number of fused-ring (bicyclic) bond motifs is 1. The van der Waals surface area contributed by atoms with Gasteiger partial charge in [0.1, 0.15) is 5.39 Å². The minimum Gasteiger partial charge on any atom is -0.386 e. The SMILES string of the molecule is CNc1cn(C(C)C)c2nc(N)[nH]c(=O)c12. The number of H-pyrrole nitrogens is 1. The molecule has 0 unspecified atom stereocenters.